The Labute approximate surface area is 170 Å². The van der Waals surface area contributed by atoms with E-state index in [1.54, 1.807) is 31.2 Å². The van der Waals surface area contributed by atoms with Gasteiger partial charge < -0.3 is 9.15 Å². The van der Waals surface area contributed by atoms with E-state index in [4.69, 9.17) is 9.15 Å². The number of nitrogens with one attached hydrogen (secondary N) is 1. The van der Waals surface area contributed by atoms with Crippen LogP contribution < -0.4 is 5.32 Å². The van der Waals surface area contributed by atoms with Crippen LogP contribution in [0.2, 0.25) is 0 Å². The van der Waals surface area contributed by atoms with Gasteiger partial charge in [0.2, 0.25) is 5.91 Å². The molecule has 8 nitrogen and oxygen atoms in total. The Morgan fingerprint density at radius 1 is 1.14 bits per heavy atom. The van der Waals surface area contributed by atoms with Gasteiger partial charge in [-0.2, -0.15) is 0 Å². The van der Waals surface area contributed by atoms with Crippen molar-refractivity contribution >= 4 is 39.6 Å². The Bertz CT molecular complexity index is 865. The average Bonchev–Trinajstić information content (AvgIpc) is 3.17. The van der Waals surface area contributed by atoms with Crippen LogP contribution in [0.1, 0.15) is 53.7 Å². The molecule has 0 bridgehead atoms. The summed E-state index contributed by atoms with van der Waals surface area (Å²) in [5.41, 5.74) is 0.579. The first-order valence-corrected chi connectivity index (χ1v) is 9.90. The number of ketones is 1. The number of amides is 1. The van der Waals surface area contributed by atoms with Gasteiger partial charge in [-0.05, 0) is 31.9 Å². The Balaban J connectivity index is 1.71. The summed E-state index contributed by atoms with van der Waals surface area (Å²) >= 11 is 3.35. The molecule has 0 unspecified atom stereocenters. The molecule has 0 aliphatic heterocycles. The Kier molecular flexibility index (Phi) is 6.56. The number of anilines is 1. The second-order valence-electron chi connectivity index (χ2n) is 6.49. The topological polar surface area (TPSA) is 111 Å². The molecule has 1 aromatic carbocycles. The normalized spacial score (nSPS) is 19.1. The van der Waals surface area contributed by atoms with Crippen LogP contribution in [0.15, 0.2) is 33.2 Å². The molecule has 1 aromatic heterocycles. The maximum absolute atomic E-state index is 12.9. The molecule has 1 amide bonds. The van der Waals surface area contributed by atoms with E-state index < -0.39 is 17.8 Å². The highest BCUT2D eigenvalue weighted by Gasteiger charge is 2.36. The zero-order valence-electron chi connectivity index (χ0n) is 15.3. The first-order chi connectivity index (χ1) is 13.5. The minimum absolute atomic E-state index is 0.0508. The summed E-state index contributed by atoms with van der Waals surface area (Å²) in [6, 6.07) is 6.92. The van der Waals surface area contributed by atoms with Crippen LogP contribution in [-0.4, -0.2) is 34.5 Å². The fourth-order valence-corrected chi connectivity index (χ4v) is 3.60. The average molecular weight is 450 g/mol. The molecule has 0 saturated heterocycles. The predicted octanol–water partition coefficient (Wildman–Crippen LogP) is 3.64. The number of hydrogen-bond donors (Lipinski definition) is 1. The number of rotatable bonds is 6. The highest BCUT2D eigenvalue weighted by Crippen LogP contribution is 2.33. The van der Waals surface area contributed by atoms with Gasteiger partial charge in [-0.25, -0.2) is 4.79 Å². The minimum Gasteiger partial charge on any atom is -0.459 e. The zero-order chi connectivity index (χ0) is 20.1. The summed E-state index contributed by atoms with van der Waals surface area (Å²) in [5, 5.41) is 9.75. The van der Waals surface area contributed by atoms with Crippen LogP contribution in [0.3, 0.4) is 0 Å². The molecule has 2 atom stereocenters. The van der Waals surface area contributed by atoms with Crippen molar-refractivity contribution in [2.75, 3.05) is 11.9 Å². The van der Waals surface area contributed by atoms with Gasteiger partial charge in [-0.15, -0.1) is 0 Å². The number of esters is 1. The van der Waals surface area contributed by atoms with Crippen molar-refractivity contribution in [3.8, 4) is 0 Å². The van der Waals surface area contributed by atoms with E-state index in [1.807, 2.05) is 0 Å². The van der Waals surface area contributed by atoms with Gasteiger partial charge in [0.25, 0.3) is 0 Å². The van der Waals surface area contributed by atoms with Crippen molar-refractivity contribution in [1.82, 2.24) is 10.2 Å². The summed E-state index contributed by atoms with van der Waals surface area (Å²) in [4.78, 5) is 37.3. The van der Waals surface area contributed by atoms with Gasteiger partial charge in [0, 0.05) is 21.9 Å². The smallest absolute Gasteiger partial charge is 0.396 e. The molecule has 28 heavy (non-hydrogen) atoms. The highest BCUT2D eigenvalue weighted by atomic mass is 79.9. The molecule has 1 aliphatic carbocycles. The van der Waals surface area contributed by atoms with Crippen molar-refractivity contribution in [2.45, 2.75) is 32.6 Å². The van der Waals surface area contributed by atoms with E-state index in [1.165, 1.54) is 0 Å². The molecule has 3 rings (SSSR count). The molecule has 1 N–H and O–H groups in total. The third-order valence-electron chi connectivity index (χ3n) is 4.67. The lowest BCUT2D eigenvalue weighted by Gasteiger charge is -2.29. The van der Waals surface area contributed by atoms with Crippen LogP contribution in [0.25, 0.3) is 0 Å². The minimum atomic E-state index is -0.753. The molecule has 2 aromatic rings. The zero-order valence-corrected chi connectivity index (χ0v) is 16.9. The Hall–Kier alpha value is -2.55. The molecule has 1 heterocycles. The van der Waals surface area contributed by atoms with Gasteiger partial charge in [0.15, 0.2) is 5.78 Å². The fourth-order valence-electron chi connectivity index (χ4n) is 3.33. The highest BCUT2D eigenvalue weighted by molar-refractivity contribution is 9.10. The van der Waals surface area contributed by atoms with Crippen LogP contribution >= 0.6 is 15.9 Å². The van der Waals surface area contributed by atoms with Crippen molar-refractivity contribution in [1.29, 1.82) is 0 Å². The second kappa shape index (κ2) is 9.09. The monoisotopic (exact) mass is 449 g/mol. The lowest BCUT2D eigenvalue weighted by molar-refractivity contribution is -0.122. The lowest BCUT2D eigenvalue weighted by atomic mass is 9.75. The molecule has 0 spiro atoms. The van der Waals surface area contributed by atoms with Crippen LogP contribution in [-0.2, 0) is 9.53 Å². The summed E-state index contributed by atoms with van der Waals surface area (Å²) in [6.07, 6.45) is 2.99. The Morgan fingerprint density at radius 3 is 2.50 bits per heavy atom. The molecule has 9 heteroatoms. The maximum atomic E-state index is 12.9. The van der Waals surface area contributed by atoms with Crippen LogP contribution in [0, 0.1) is 11.8 Å². The summed E-state index contributed by atoms with van der Waals surface area (Å²) in [7, 11) is 0. The van der Waals surface area contributed by atoms with Gasteiger partial charge in [0.05, 0.1) is 6.61 Å². The largest absolute Gasteiger partial charge is 0.459 e. The van der Waals surface area contributed by atoms with Gasteiger partial charge in [0.1, 0.15) is 0 Å². The van der Waals surface area contributed by atoms with Gasteiger partial charge in [-0.1, -0.05) is 51.1 Å². The van der Waals surface area contributed by atoms with Crippen molar-refractivity contribution < 1.29 is 23.5 Å². The number of ether oxygens (including phenoxy) is 1. The fraction of sp³-hybridized carbons (Fsp3) is 0.421. The lowest BCUT2D eigenvalue weighted by Crippen LogP contribution is -2.36. The number of halogens is 1. The summed E-state index contributed by atoms with van der Waals surface area (Å²) in [6.45, 7) is 1.83. The summed E-state index contributed by atoms with van der Waals surface area (Å²) < 4.78 is 10.8. The van der Waals surface area contributed by atoms with E-state index in [9.17, 15) is 14.4 Å². The van der Waals surface area contributed by atoms with E-state index in [2.05, 4.69) is 31.4 Å². The summed E-state index contributed by atoms with van der Waals surface area (Å²) in [5.74, 6) is -2.41. The second-order valence-corrected chi connectivity index (χ2v) is 7.41. The first kappa shape index (κ1) is 20.2. The molecule has 1 aliphatic rings. The molecular weight excluding hydrogens is 430 g/mol. The Morgan fingerprint density at radius 2 is 1.82 bits per heavy atom. The van der Waals surface area contributed by atoms with Crippen LogP contribution in [0.5, 0.6) is 0 Å². The molecule has 148 valence electrons. The number of hydrogen-bond acceptors (Lipinski definition) is 7. The van der Waals surface area contributed by atoms with Crippen molar-refractivity contribution in [3.05, 3.63) is 40.2 Å². The predicted molar refractivity (Wildman–Crippen MR) is 103 cm³/mol. The number of carbonyl (C=O) groups excluding carboxylic acids is 3. The molecular formula is C19H20BrN3O5. The van der Waals surface area contributed by atoms with Crippen molar-refractivity contribution in [2.24, 2.45) is 11.8 Å². The van der Waals surface area contributed by atoms with E-state index in [0.29, 0.717) is 18.4 Å². The number of aromatic nitrogens is 2. The number of benzene rings is 1. The standard InChI is InChI=1S/C19H20BrN3O5/c1-2-27-18(26)17-22-23-19(28-17)21-16(25)14-6-4-3-5-13(14)15(24)11-7-9-12(20)10-8-11/h7-10,13-14H,2-6H2,1H3,(H,21,23,25)/t13-,14-/m1/s1. The van der Waals surface area contributed by atoms with Crippen LogP contribution in [0.4, 0.5) is 6.01 Å². The first-order valence-electron chi connectivity index (χ1n) is 9.11. The van der Waals surface area contributed by atoms with E-state index >= 15 is 0 Å². The molecule has 0 radical (unpaired) electrons. The third-order valence-corrected chi connectivity index (χ3v) is 5.20. The number of nitrogens with zero attached hydrogens (tertiary/aromatic N) is 2. The molecule has 1 saturated carbocycles. The van der Waals surface area contributed by atoms with Crippen molar-refractivity contribution in [3.63, 3.8) is 0 Å². The van der Waals surface area contributed by atoms with E-state index in [0.717, 1.165) is 17.3 Å². The van der Waals surface area contributed by atoms with E-state index in [-0.39, 0.29) is 30.2 Å². The number of Topliss-reactive ketones (excluding diaryl/α,β-unsaturated/α-hetero) is 1. The number of carbonyl (C=O) groups is 3. The van der Waals surface area contributed by atoms with Gasteiger partial charge >= 0.3 is 17.9 Å². The van der Waals surface area contributed by atoms with Gasteiger partial charge in [-0.3, -0.25) is 14.9 Å². The maximum Gasteiger partial charge on any atom is 0.396 e. The quantitative estimate of drug-likeness (QED) is 0.528. The molecule has 1 fully saturated rings. The SMILES string of the molecule is CCOC(=O)c1nnc(NC(=O)[C@@H]2CCCC[C@H]2C(=O)c2ccc(Br)cc2)o1. The third kappa shape index (κ3) is 4.64.